The van der Waals surface area contributed by atoms with E-state index in [4.69, 9.17) is 9.47 Å². The molecule has 2 heterocycles. The molecule has 2 aromatic carbocycles. The molecule has 1 aliphatic heterocycles. The zero-order valence-electron chi connectivity index (χ0n) is 23.4. The summed E-state index contributed by atoms with van der Waals surface area (Å²) < 4.78 is 39.3. The molecule has 0 spiro atoms. The van der Waals surface area contributed by atoms with Crippen LogP contribution in [-0.4, -0.2) is 85.5 Å². The smallest absolute Gasteiger partial charge is 0.258 e. The summed E-state index contributed by atoms with van der Waals surface area (Å²) in [6.45, 7) is 3.57. The normalized spacial score (nSPS) is 18.1. The fraction of sp³-hybridized carbons (Fsp3) is 0.345. The van der Waals surface area contributed by atoms with Crippen LogP contribution >= 0.6 is 0 Å². The number of nitrogens with one attached hydrogen (secondary N) is 1. The lowest BCUT2D eigenvalue weighted by Gasteiger charge is -2.38. The number of anilines is 1. The maximum Gasteiger partial charge on any atom is 0.258 e. The summed E-state index contributed by atoms with van der Waals surface area (Å²) in [4.78, 5) is 31.9. The van der Waals surface area contributed by atoms with Crippen molar-refractivity contribution in [2.45, 2.75) is 30.9 Å². The Morgan fingerprint density at radius 2 is 1.88 bits per heavy atom. The highest BCUT2D eigenvalue weighted by Crippen LogP contribution is 2.31. The number of pyridine rings is 1. The van der Waals surface area contributed by atoms with E-state index in [1.165, 1.54) is 49.1 Å². The van der Waals surface area contributed by atoms with Gasteiger partial charge in [-0.1, -0.05) is 6.92 Å². The Labute approximate surface area is 239 Å². The van der Waals surface area contributed by atoms with Crippen LogP contribution in [0.3, 0.4) is 0 Å². The van der Waals surface area contributed by atoms with Gasteiger partial charge in [-0.15, -0.1) is 0 Å². The quantitative estimate of drug-likeness (QED) is 0.393. The minimum atomic E-state index is -3.85. The van der Waals surface area contributed by atoms with Crippen molar-refractivity contribution in [2.24, 2.45) is 5.92 Å². The summed E-state index contributed by atoms with van der Waals surface area (Å²) in [7, 11) is -0.869. The first kappa shape index (κ1) is 30.0. The predicted octanol–water partition coefficient (Wildman–Crippen LogP) is 2.88. The van der Waals surface area contributed by atoms with Crippen LogP contribution in [0.4, 0.5) is 5.69 Å². The van der Waals surface area contributed by atoms with Crippen molar-refractivity contribution >= 4 is 27.5 Å². The van der Waals surface area contributed by atoms with Crippen LogP contribution in [0, 0.1) is 5.92 Å². The van der Waals surface area contributed by atoms with Crippen molar-refractivity contribution in [3.63, 3.8) is 0 Å². The van der Waals surface area contributed by atoms with E-state index < -0.39 is 22.2 Å². The Kier molecular flexibility index (Phi) is 9.26. The second-order valence-electron chi connectivity index (χ2n) is 9.98. The second kappa shape index (κ2) is 12.7. The largest absolute Gasteiger partial charge is 0.497 e. The third kappa shape index (κ3) is 6.67. The Balaban J connectivity index is 1.64. The molecule has 3 atom stereocenters. The molecule has 1 aromatic heterocycles. The molecule has 2 amide bonds. The van der Waals surface area contributed by atoms with E-state index in [0.717, 1.165) is 0 Å². The lowest BCUT2D eigenvalue weighted by atomic mass is 9.99. The summed E-state index contributed by atoms with van der Waals surface area (Å²) in [6.07, 6.45) is 2.38. The van der Waals surface area contributed by atoms with Crippen LogP contribution in [0.5, 0.6) is 11.5 Å². The van der Waals surface area contributed by atoms with Crippen molar-refractivity contribution in [3.05, 3.63) is 78.1 Å². The maximum absolute atomic E-state index is 13.7. The fourth-order valence-corrected chi connectivity index (χ4v) is 5.69. The monoisotopic (exact) mass is 582 g/mol. The molecule has 0 bridgehead atoms. The summed E-state index contributed by atoms with van der Waals surface area (Å²) in [5.74, 6) is -0.242. The van der Waals surface area contributed by atoms with Gasteiger partial charge in [0.1, 0.15) is 17.6 Å². The van der Waals surface area contributed by atoms with Gasteiger partial charge in [0.2, 0.25) is 10.0 Å². The number of aliphatic hydroxyl groups excluding tert-OH is 1. The molecule has 218 valence electrons. The van der Waals surface area contributed by atoms with Crippen molar-refractivity contribution in [3.8, 4) is 11.5 Å². The number of ether oxygens (including phenoxy) is 2. The molecule has 0 unspecified atom stereocenters. The number of aromatic nitrogens is 1. The number of hydrogen-bond acceptors (Lipinski definition) is 8. The van der Waals surface area contributed by atoms with E-state index >= 15 is 0 Å². The van der Waals surface area contributed by atoms with E-state index in [-0.39, 0.29) is 53.6 Å². The van der Waals surface area contributed by atoms with E-state index in [1.807, 2.05) is 6.92 Å². The number of nitrogens with zero attached hydrogens (tertiary/aromatic N) is 3. The van der Waals surface area contributed by atoms with E-state index in [2.05, 4.69) is 10.3 Å². The SMILES string of the molecule is COc1ccc(S(=O)(=O)N(C)C[C@@H]2Oc3ccc(NC(=O)c4ccncc4)cc3C(=O)N([C@H](C)CO)C[C@@H]2C)cc1. The van der Waals surface area contributed by atoms with Gasteiger partial charge >= 0.3 is 0 Å². The fourth-order valence-electron chi connectivity index (χ4n) is 4.50. The molecule has 11 nitrogen and oxygen atoms in total. The zero-order chi connectivity index (χ0) is 29.7. The van der Waals surface area contributed by atoms with E-state index in [1.54, 1.807) is 48.2 Å². The molecular weight excluding hydrogens is 548 g/mol. The van der Waals surface area contributed by atoms with Crippen molar-refractivity contribution in [2.75, 3.05) is 39.2 Å². The molecule has 12 heteroatoms. The van der Waals surface area contributed by atoms with Gasteiger partial charge in [0.15, 0.2) is 0 Å². The number of carbonyl (C=O) groups excluding carboxylic acids is 2. The van der Waals surface area contributed by atoms with Gasteiger partial charge in [0, 0.05) is 43.2 Å². The number of methoxy groups -OCH3 is 1. The first-order chi connectivity index (χ1) is 19.5. The van der Waals surface area contributed by atoms with Gasteiger partial charge in [-0.25, -0.2) is 8.42 Å². The Bertz CT molecular complexity index is 1480. The van der Waals surface area contributed by atoms with Crippen LogP contribution in [0.25, 0.3) is 0 Å². The lowest BCUT2D eigenvalue weighted by molar-refractivity contribution is 0.0387. The minimum Gasteiger partial charge on any atom is -0.497 e. The topological polar surface area (TPSA) is 138 Å². The number of carbonyl (C=O) groups is 2. The molecule has 2 N–H and O–H groups in total. The third-order valence-corrected chi connectivity index (χ3v) is 8.91. The number of aliphatic hydroxyl groups is 1. The number of rotatable bonds is 9. The van der Waals surface area contributed by atoms with Crippen molar-refractivity contribution in [1.29, 1.82) is 0 Å². The first-order valence-electron chi connectivity index (χ1n) is 13.1. The van der Waals surface area contributed by atoms with Crippen LogP contribution in [-0.2, 0) is 10.0 Å². The first-order valence-corrected chi connectivity index (χ1v) is 14.5. The molecule has 0 aliphatic carbocycles. The molecule has 1 aliphatic rings. The van der Waals surface area contributed by atoms with E-state index in [0.29, 0.717) is 17.0 Å². The van der Waals surface area contributed by atoms with Crippen molar-refractivity contribution in [1.82, 2.24) is 14.2 Å². The molecule has 41 heavy (non-hydrogen) atoms. The highest BCUT2D eigenvalue weighted by Gasteiger charge is 2.35. The van der Waals surface area contributed by atoms with Crippen LogP contribution < -0.4 is 14.8 Å². The van der Waals surface area contributed by atoms with Gasteiger partial charge in [-0.05, 0) is 61.5 Å². The van der Waals surface area contributed by atoms with E-state index in [9.17, 15) is 23.1 Å². The molecule has 3 aromatic rings. The number of hydrogen-bond donors (Lipinski definition) is 2. The van der Waals surface area contributed by atoms with Crippen LogP contribution in [0.2, 0.25) is 0 Å². The van der Waals surface area contributed by atoms with Crippen LogP contribution in [0.15, 0.2) is 71.9 Å². The summed E-state index contributed by atoms with van der Waals surface area (Å²) in [5, 5.41) is 12.7. The zero-order valence-corrected chi connectivity index (χ0v) is 24.2. The second-order valence-corrected chi connectivity index (χ2v) is 12.0. The standard InChI is InChI=1S/C29H34N4O7S/c1-19-16-33(20(2)18-34)29(36)25-15-22(31-28(35)21-11-13-30-14-12-21)5-10-26(25)40-27(19)17-32(3)41(37,38)24-8-6-23(39-4)7-9-24/h5-15,19-20,27,34H,16-18H2,1-4H3,(H,31,35)/t19-,20+,27-/m0/s1. The number of benzene rings is 2. The number of likely N-dealkylation sites (N-methyl/N-ethyl adjacent to an activating group) is 1. The molecule has 4 rings (SSSR count). The molecule has 0 radical (unpaired) electrons. The average molecular weight is 583 g/mol. The minimum absolute atomic E-state index is 0.00500. The van der Waals surface area contributed by atoms with Gasteiger partial charge < -0.3 is 24.8 Å². The van der Waals surface area contributed by atoms with Gasteiger partial charge in [-0.3, -0.25) is 14.6 Å². The molecular formula is C29H34N4O7S. The summed E-state index contributed by atoms with van der Waals surface area (Å²) in [6, 6.07) is 13.5. The highest BCUT2D eigenvalue weighted by atomic mass is 32.2. The molecule has 0 fully saturated rings. The molecule has 0 saturated heterocycles. The number of sulfonamides is 1. The predicted molar refractivity (Wildman–Crippen MR) is 153 cm³/mol. The number of amides is 2. The Morgan fingerprint density at radius 3 is 2.51 bits per heavy atom. The van der Waals surface area contributed by atoms with Crippen LogP contribution in [0.1, 0.15) is 34.6 Å². The average Bonchev–Trinajstić information content (AvgIpc) is 2.99. The Hall–Kier alpha value is -4.00. The third-order valence-electron chi connectivity index (χ3n) is 7.07. The maximum atomic E-state index is 13.7. The van der Waals surface area contributed by atoms with Gasteiger partial charge in [0.05, 0.1) is 36.8 Å². The summed E-state index contributed by atoms with van der Waals surface area (Å²) >= 11 is 0. The van der Waals surface area contributed by atoms with Gasteiger partial charge in [0.25, 0.3) is 11.8 Å². The summed E-state index contributed by atoms with van der Waals surface area (Å²) in [5.41, 5.74) is 0.971. The highest BCUT2D eigenvalue weighted by molar-refractivity contribution is 7.89. The van der Waals surface area contributed by atoms with Gasteiger partial charge in [-0.2, -0.15) is 4.31 Å². The van der Waals surface area contributed by atoms with Crippen molar-refractivity contribution < 1.29 is 32.6 Å². The molecule has 0 saturated carbocycles. The lowest BCUT2D eigenvalue weighted by Crippen LogP contribution is -2.50. The number of fused-ring (bicyclic) bond motifs is 1. The Morgan fingerprint density at radius 1 is 1.20 bits per heavy atom.